The number of carbonyl (C=O) groups is 1. The molecule has 0 bridgehead atoms. The van der Waals surface area contributed by atoms with Crippen molar-refractivity contribution in [2.75, 3.05) is 7.11 Å². The van der Waals surface area contributed by atoms with Gasteiger partial charge in [0.05, 0.1) is 18.9 Å². The van der Waals surface area contributed by atoms with Crippen LogP contribution >= 0.6 is 0 Å². The van der Waals surface area contributed by atoms with Crippen LogP contribution in [0.1, 0.15) is 6.42 Å². The van der Waals surface area contributed by atoms with Crippen LogP contribution in [0.5, 0.6) is 0 Å². The van der Waals surface area contributed by atoms with Crippen molar-refractivity contribution in [2.45, 2.75) is 12.5 Å². The molecular formula is C7H8O3. The fraction of sp³-hybridized carbons (Fsp3) is 0.571. The number of hydrogen-bond donors (Lipinski definition) is 0. The average Bonchev–Trinajstić information content (AvgIpc) is 2.62. The third-order valence-corrected chi connectivity index (χ3v) is 1.92. The van der Waals surface area contributed by atoms with Crippen LogP contribution in [-0.2, 0) is 14.3 Å². The molecule has 10 heavy (non-hydrogen) atoms. The van der Waals surface area contributed by atoms with Crippen LogP contribution in [0.2, 0.25) is 0 Å². The fourth-order valence-electron chi connectivity index (χ4n) is 1.21. The largest absolute Gasteiger partial charge is 0.497 e. The zero-order valence-corrected chi connectivity index (χ0v) is 5.66. The molecule has 2 unspecified atom stereocenters. The van der Waals surface area contributed by atoms with E-state index in [1.165, 1.54) is 13.4 Å². The smallest absolute Gasteiger partial charge is 0.337 e. The number of fused-ring (bicyclic) bond motifs is 1. The van der Waals surface area contributed by atoms with E-state index in [4.69, 9.17) is 4.74 Å². The molecule has 1 aliphatic carbocycles. The fourth-order valence-corrected chi connectivity index (χ4v) is 1.21. The molecule has 0 spiro atoms. The Morgan fingerprint density at radius 1 is 1.90 bits per heavy atom. The zero-order chi connectivity index (χ0) is 7.14. The molecule has 0 radical (unpaired) electrons. The van der Waals surface area contributed by atoms with Crippen molar-refractivity contribution in [1.29, 1.82) is 0 Å². The first-order chi connectivity index (χ1) is 4.83. The maximum Gasteiger partial charge on any atom is 0.337 e. The second-order valence-electron chi connectivity index (χ2n) is 2.58. The first-order valence-corrected chi connectivity index (χ1v) is 3.27. The molecule has 1 aliphatic heterocycles. The molecule has 2 aliphatic rings. The van der Waals surface area contributed by atoms with Crippen LogP contribution in [-0.4, -0.2) is 19.2 Å². The number of ether oxygens (including phenoxy) is 2. The Morgan fingerprint density at radius 2 is 2.70 bits per heavy atom. The van der Waals surface area contributed by atoms with Gasteiger partial charge in [0.25, 0.3) is 0 Å². The number of hydrogen-bond acceptors (Lipinski definition) is 3. The van der Waals surface area contributed by atoms with Crippen molar-refractivity contribution in [3.05, 3.63) is 11.8 Å². The third-order valence-electron chi connectivity index (χ3n) is 1.92. The van der Waals surface area contributed by atoms with Gasteiger partial charge in [-0.3, -0.25) is 0 Å². The highest BCUT2D eigenvalue weighted by molar-refractivity contribution is 5.90. The number of rotatable bonds is 1. The highest BCUT2D eigenvalue weighted by Gasteiger charge is 2.49. The van der Waals surface area contributed by atoms with Gasteiger partial charge in [0.1, 0.15) is 6.10 Å². The summed E-state index contributed by atoms with van der Waals surface area (Å²) in [5.74, 6) is 0.0949. The molecule has 0 N–H and O–H groups in total. The predicted octanol–water partition coefficient (Wildman–Crippen LogP) is 0.462. The summed E-state index contributed by atoms with van der Waals surface area (Å²) in [6.45, 7) is 0. The minimum absolute atomic E-state index is 0.245. The van der Waals surface area contributed by atoms with Crippen LogP contribution in [0.15, 0.2) is 11.8 Å². The topological polar surface area (TPSA) is 35.5 Å². The van der Waals surface area contributed by atoms with Crippen LogP contribution in [0.4, 0.5) is 0 Å². The Balaban J connectivity index is 2.11. The lowest BCUT2D eigenvalue weighted by molar-refractivity contribution is -0.136. The Kier molecular flexibility index (Phi) is 1.01. The Morgan fingerprint density at radius 3 is 3.10 bits per heavy atom. The molecule has 2 atom stereocenters. The van der Waals surface area contributed by atoms with E-state index in [0.29, 0.717) is 11.5 Å². The highest BCUT2D eigenvalue weighted by Crippen LogP contribution is 2.45. The van der Waals surface area contributed by atoms with E-state index in [9.17, 15) is 4.79 Å². The van der Waals surface area contributed by atoms with Gasteiger partial charge in [-0.2, -0.15) is 0 Å². The van der Waals surface area contributed by atoms with Crippen LogP contribution in [0.3, 0.4) is 0 Å². The number of methoxy groups -OCH3 is 1. The van der Waals surface area contributed by atoms with Crippen molar-refractivity contribution in [1.82, 2.24) is 0 Å². The third kappa shape index (κ3) is 0.632. The SMILES string of the molecule is COC(=O)C1=COC2CC12. The van der Waals surface area contributed by atoms with Gasteiger partial charge in [-0.15, -0.1) is 0 Å². The van der Waals surface area contributed by atoms with Gasteiger partial charge < -0.3 is 9.47 Å². The van der Waals surface area contributed by atoms with Crippen LogP contribution in [0, 0.1) is 5.92 Å². The summed E-state index contributed by atoms with van der Waals surface area (Å²) in [4.78, 5) is 10.9. The van der Waals surface area contributed by atoms with Crippen LogP contribution < -0.4 is 0 Å². The Bertz CT molecular complexity index is 207. The predicted molar refractivity (Wildman–Crippen MR) is 33.1 cm³/mol. The van der Waals surface area contributed by atoms with Gasteiger partial charge in [0.2, 0.25) is 0 Å². The molecule has 3 heteroatoms. The second-order valence-corrected chi connectivity index (χ2v) is 2.58. The lowest BCUT2D eigenvalue weighted by Crippen LogP contribution is -2.04. The van der Waals surface area contributed by atoms with Gasteiger partial charge >= 0.3 is 5.97 Å². The molecule has 0 aromatic carbocycles. The summed E-state index contributed by atoms with van der Waals surface area (Å²) in [6.07, 6.45) is 2.79. The lowest BCUT2D eigenvalue weighted by Gasteiger charge is -1.96. The molecule has 3 nitrogen and oxygen atoms in total. The van der Waals surface area contributed by atoms with Crippen molar-refractivity contribution < 1.29 is 14.3 Å². The van der Waals surface area contributed by atoms with Crippen molar-refractivity contribution in [3.8, 4) is 0 Å². The zero-order valence-electron chi connectivity index (χ0n) is 5.66. The standard InChI is InChI=1S/C7H8O3/c1-9-7(8)5-3-10-6-2-4(5)6/h3-4,6H,2H2,1H3. The van der Waals surface area contributed by atoms with Gasteiger partial charge in [-0.05, 0) is 6.42 Å². The summed E-state index contributed by atoms with van der Waals surface area (Å²) < 4.78 is 9.64. The van der Waals surface area contributed by atoms with Gasteiger partial charge in [0, 0.05) is 5.92 Å². The molecule has 54 valence electrons. The van der Waals surface area contributed by atoms with E-state index in [1.54, 1.807) is 0 Å². The summed E-state index contributed by atoms with van der Waals surface area (Å²) >= 11 is 0. The first kappa shape index (κ1) is 5.77. The van der Waals surface area contributed by atoms with Crippen molar-refractivity contribution in [3.63, 3.8) is 0 Å². The molecule has 2 rings (SSSR count). The highest BCUT2D eigenvalue weighted by atomic mass is 16.5. The Hall–Kier alpha value is -0.990. The monoisotopic (exact) mass is 140 g/mol. The molecule has 0 aromatic rings. The van der Waals surface area contributed by atoms with E-state index in [2.05, 4.69) is 4.74 Å². The van der Waals surface area contributed by atoms with E-state index >= 15 is 0 Å². The van der Waals surface area contributed by atoms with Gasteiger partial charge in [-0.1, -0.05) is 0 Å². The number of esters is 1. The summed E-state index contributed by atoms with van der Waals surface area (Å²) in [7, 11) is 1.39. The molecule has 1 fully saturated rings. The minimum atomic E-state index is -0.245. The molecule has 1 saturated carbocycles. The van der Waals surface area contributed by atoms with Crippen LogP contribution in [0.25, 0.3) is 0 Å². The molecule has 0 saturated heterocycles. The second kappa shape index (κ2) is 1.75. The first-order valence-electron chi connectivity index (χ1n) is 3.27. The summed E-state index contributed by atoms with van der Waals surface area (Å²) in [6, 6.07) is 0. The quantitative estimate of drug-likeness (QED) is 0.496. The molecule has 0 aromatic heterocycles. The molecule has 1 heterocycles. The lowest BCUT2D eigenvalue weighted by atomic mass is 10.2. The molecule has 0 amide bonds. The minimum Gasteiger partial charge on any atom is -0.497 e. The Labute approximate surface area is 58.6 Å². The van der Waals surface area contributed by atoms with Gasteiger partial charge in [0.15, 0.2) is 0 Å². The maximum atomic E-state index is 10.9. The maximum absolute atomic E-state index is 10.9. The number of carbonyl (C=O) groups excluding carboxylic acids is 1. The normalized spacial score (nSPS) is 33.9. The van der Waals surface area contributed by atoms with E-state index < -0.39 is 0 Å². The van der Waals surface area contributed by atoms with Crippen molar-refractivity contribution >= 4 is 5.97 Å². The summed E-state index contributed by atoms with van der Waals surface area (Å²) in [5.41, 5.74) is 0.701. The molecular weight excluding hydrogens is 132 g/mol. The van der Waals surface area contributed by atoms with Gasteiger partial charge in [-0.25, -0.2) is 4.79 Å². The van der Waals surface area contributed by atoms with E-state index in [1.807, 2.05) is 0 Å². The average molecular weight is 140 g/mol. The van der Waals surface area contributed by atoms with E-state index in [0.717, 1.165) is 6.42 Å². The van der Waals surface area contributed by atoms with E-state index in [-0.39, 0.29) is 12.1 Å². The van der Waals surface area contributed by atoms with Crippen molar-refractivity contribution in [2.24, 2.45) is 5.92 Å². The summed E-state index contributed by atoms with van der Waals surface area (Å²) in [5, 5.41) is 0.